The third-order valence-electron chi connectivity index (χ3n) is 4.95. The maximum Gasteiger partial charge on any atom is 0.191 e. The van der Waals surface area contributed by atoms with E-state index in [1.807, 2.05) is 44.2 Å². The Kier molecular flexibility index (Phi) is 3.13. The van der Waals surface area contributed by atoms with E-state index in [4.69, 9.17) is 9.40 Å². The van der Waals surface area contributed by atoms with Gasteiger partial charge in [0.15, 0.2) is 11.7 Å². The fourth-order valence-corrected chi connectivity index (χ4v) is 3.77. The van der Waals surface area contributed by atoms with Gasteiger partial charge < -0.3 is 8.98 Å². The smallest absolute Gasteiger partial charge is 0.191 e. The lowest BCUT2D eigenvalue weighted by molar-refractivity contribution is 0.0973. The van der Waals surface area contributed by atoms with Crippen molar-refractivity contribution in [2.75, 3.05) is 0 Å². The molecule has 5 heteroatoms. The van der Waals surface area contributed by atoms with Crippen LogP contribution in [0.25, 0.3) is 33.7 Å². The minimum Gasteiger partial charge on any atom is -0.446 e. The van der Waals surface area contributed by atoms with Gasteiger partial charge in [-0.05, 0) is 19.1 Å². The molecule has 1 aliphatic heterocycles. The van der Waals surface area contributed by atoms with Crippen LogP contribution in [-0.4, -0.2) is 20.3 Å². The average Bonchev–Trinajstić information content (AvgIpc) is 3.19. The zero-order valence-electron chi connectivity index (χ0n) is 14.6. The molecule has 3 heterocycles. The van der Waals surface area contributed by atoms with Gasteiger partial charge in [0.05, 0.1) is 11.0 Å². The molecule has 0 aliphatic carbocycles. The molecule has 0 amide bonds. The monoisotopic (exact) mass is 343 g/mol. The van der Waals surface area contributed by atoms with E-state index in [-0.39, 0.29) is 5.78 Å². The number of ketones is 1. The van der Waals surface area contributed by atoms with E-state index in [9.17, 15) is 4.79 Å². The number of aromatic nitrogens is 3. The summed E-state index contributed by atoms with van der Waals surface area (Å²) in [5.74, 6) is 2.59. The fourth-order valence-electron chi connectivity index (χ4n) is 3.77. The zero-order chi connectivity index (χ0) is 17.8. The lowest BCUT2D eigenvalue weighted by atomic mass is 10.0. The number of hydrogen-bond acceptors (Lipinski definition) is 4. The lowest BCUT2D eigenvalue weighted by Crippen LogP contribution is -2.14. The Morgan fingerprint density at radius 2 is 1.77 bits per heavy atom. The summed E-state index contributed by atoms with van der Waals surface area (Å²) in [5.41, 5.74) is 5.52. The Hall–Kier alpha value is -3.21. The third kappa shape index (κ3) is 2.13. The number of oxazole rings is 1. The van der Waals surface area contributed by atoms with E-state index in [1.54, 1.807) is 0 Å². The second-order valence-electron chi connectivity index (χ2n) is 6.65. The van der Waals surface area contributed by atoms with Gasteiger partial charge in [-0.15, -0.1) is 0 Å². The normalized spacial score (nSPS) is 13.5. The number of hydrogen-bond donors (Lipinski definition) is 0. The molecule has 0 N–H and O–H groups in total. The van der Waals surface area contributed by atoms with E-state index >= 15 is 0 Å². The minimum absolute atomic E-state index is 0.196. The van der Waals surface area contributed by atoms with Crippen molar-refractivity contribution in [1.29, 1.82) is 0 Å². The highest BCUT2D eigenvalue weighted by Gasteiger charge is 2.23. The number of benzene rings is 2. The van der Waals surface area contributed by atoms with Crippen LogP contribution in [0.15, 0.2) is 46.9 Å². The van der Waals surface area contributed by atoms with Crippen LogP contribution in [0.3, 0.4) is 0 Å². The third-order valence-corrected chi connectivity index (χ3v) is 4.95. The van der Waals surface area contributed by atoms with Crippen LogP contribution in [-0.2, 0) is 6.54 Å². The van der Waals surface area contributed by atoms with Crippen LogP contribution >= 0.6 is 0 Å². The highest BCUT2D eigenvalue weighted by molar-refractivity contribution is 6.08. The number of rotatable bonds is 2. The van der Waals surface area contributed by atoms with Crippen molar-refractivity contribution < 1.29 is 9.21 Å². The van der Waals surface area contributed by atoms with Gasteiger partial charge in [-0.3, -0.25) is 4.79 Å². The number of imidazole rings is 1. The predicted octanol–water partition coefficient (Wildman–Crippen LogP) is 4.56. The van der Waals surface area contributed by atoms with Crippen molar-refractivity contribution in [1.82, 2.24) is 14.5 Å². The van der Waals surface area contributed by atoms with E-state index in [0.717, 1.165) is 45.0 Å². The van der Waals surface area contributed by atoms with Crippen molar-refractivity contribution in [2.24, 2.45) is 0 Å². The quantitative estimate of drug-likeness (QED) is 0.535. The molecule has 1 aliphatic rings. The van der Waals surface area contributed by atoms with Crippen LogP contribution in [0.5, 0.6) is 0 Å². The van der Waals surface area contributed by atoms with Crippen LogP contribution in [0.4, 0.5) is 0 Å². The number of nitrogens with zero attached hydrogens (tertiary/aromatic N) is 3. The van der Waals surface area contributed by atoms with Gasteiger partial charge in [0.1, 0.15) is 17.3 Å². The Labute approximate surface area is 150 Å². The molecule has 26 heavy (non-hydrogen) atoms. The van der Waals surface area contributed by atoms with E-state index in [0.29, 0.717) is 18.9 Å². The first-order chi connectivity index (χ1) is 12.6. The Morgan fingerprint density at radius 3 is 2.50 bits per heavy atom. The molecular weight excluding hydrogens is 326 g/mol. The molecule has 5 rings (SSSR count). The molecule has 2 aromatic heterocycles. The molecule has 0 radical (unpaired) electrons. The van der Waals surface area contributed by atoms with Crippen molar-refractivity contribution in [2.45, 2.75) is 26.8 Å². The summed E-state index contributed by atoms with van der Waals surface area (Å²) in [7, 11) is 0. The second-order valence-corrected chi connectivity index (χ2v) is 6.65. The molecular formula is C21H17N3O2. The number of carbonyl (C=O) groups is 1. The first kappa shape index (κ1) is 15.1. The molecule has 0 saturated heterocycles. The summed E-state index contributed by atoms with van der Waals surface area (Å²) in [6.45, 7) is 4.45. The topological polar surface area (TPSA) is 60.9 Å². The molecule has 4 aromatic rings. The van der Waals surface area contributed by atoms with E-state index in [2.05, 4.69) is 21.7 Å². The number of para-hydroxylation sites is 1. The molecule has 5 nitrogen and oxygen atoms in total. The molecule has 0 bridgehead atoms. The summed E-state index contributed by atoms with van der Waals surface area (Å²) in [6, 6.07) is 14.0. The number of aryl methyl sites for hydroxylation is 3. The summed E-state index contributed by atoms with van der Waals surface area (Å²) in [5, 5.41) is 0. The fraction of sp³-hybridized carbons (Fsp3) is 0.190. The van der Waals surface area contributed by atoms with Gasteiger partial charge in [0, 0.05) is 36.6 Å². The highest BCUT2D eigenvalue weighted by Crippen LogP contribution is 2.32. The van der Waals surface area contributed by atoms with E-state index < -0.39 is 0 Å². The molecule has 0 fully saturated rings. The molecule has 0 unspecified atom stereocenters. The van der Waals surface area contributed by atoms with Crippen molar-refractivity contribution in [3.63, 3.8) is 0 Å². The summed E-state index contributed by atoms with van der Waals surface area (Å²) >= 11 is 0. The van der Waals surface area contributed by atoms with Gasteiger partial charge >= 0.3 is 0 Å². The van der Waals surface area contributed by atoms with Crippen molar-refractivity contribution >= 4 is 16.8 Å². The average molecular weight is 343 g/mol. The zero-order valence-corrected chi connectivity index (χ0v) is 14.6. The summed E-state index contributed by atoms with van der Waals surface area (Å²) in [4.78, 5) is 21.4. The standard InChI is InChI=1S/C21H17N3O2/c1-12-19(22-13(2)26-12)14-6-8-15(9-7-14)21-23-17-5-3-4-16-18(25)10-11-24(21)20(16)17/h3-9H,10-11H2,1-2H3. The summed E-state index contributed by atoms with van der Waals surface area (Å²) < 4.78 is 7.69. The van der Waals surface area contributed by atoms with Crippen molar-refractivity contribution in [3.05, 3.63) is 59.7 Å². The van der Waals surface area contributed by atoms with E-state index in [1.165, 1.54) is 0 Å². The Bertz CT molecular complexity index is 1170. The number of carbonyl (C=O) groups excluding carboxylic acids is 1. The second kappa shape index (κ2) is 5.39. The van der Waals surface area contributed by atoms with Crippen LogP contribution < -0.4 is 0 Å². The maximum atomic E-state index is 12.2. The SMILES string of the molecule is Cc1nc(-c2ccc(-c3nc4cccc5c4n3CCC5=O)cc2)c(C)o1. The van der Waals surface area contributed by atoms with Crippen molar-refractivity contribution in [3.8, 4) is 22.6 Å². The van der Waals surface area contributed by atoms with Gasteiger partial charge in [0.2, 0.25) is 0 Å². The Balaban J connectivity index is 1.63. The highest BCUT2D eigenvalue weighted by atomic mass is 16.4. The van der Waals surface area contributed by atoms with Crippen LogP contribution in [0.1, 0.15) is 28.4 Å². The molecule has 0 atom stereocenters. The molecule has 0 saturated carbocycles. The largest absolute Gasteiger partial charge is 0.446 e. The molecule has 0 spiro atoms. The van der Waals surface area contributed by atoms with Gasteiger partial charge in [-0.25, -0.2) is 9.97 Å². The molecule has 2 aromatic carbocycles. The van der Waals surface area contributed by atoms with Crippen LogP contribution in [0, 0.1) is 13.8 Å². The molecule has 128 valence electrons. The minimum atomic E-state index is 0.196. The maximum absolute atomic E-state index is 12.2. The first-order valence-electron chi connectivity index (χ1n) is 8.69. The summed E-state index contributed by atoms with van der Waals surface area (Å²) in [6.07, 6.45) is 0.519. The van der Waals surface area contributed by atoms with Crippen LogP contribution in [0.2, 0.25) is 0 Å². The van der Waals surface area contributed by atoms with Gasteiger partial charge in [0.25, 0.3) is 0 Å². The number of Topliss-reactive ketones (excluding diaryl/α,β-unsaturated/α-hetero) is 1. The van der Waals surface area contributed by atoms with Gasteiger partial charge in [-0.1, -0.05) is 30.3 Å². The lowest BCUT2D eigenvalue weighted by Gasteiger charge is -2.15. The van der Waals surface area contributed by atoms with Gasteiger partial charge in [-0.2, -0.15) is 0 Å². The predicted molar refractivity (Wildman–Crippen MR) is 99.1 cm³/mol. The Morgan fingerprint density at radius 1 is 1.00 bits per heavy atom. The first-order valence-corrected chi connectivity index (χ1v) is 8.69.